The Bertz CT molecular complexity index is 527. The molecule has 0 bridgehead atoms. The first kappa shape index (κ1) is 17.5. The normalized spacial score (nSPS) is 13.9. The van der Waals surface area contributed by atoms with Crippen LogP contribution in [0.3, 0.4) is 0 Å². The van der Waals surface area contributed by atoms with E-state index in [1.54, 1.807) is 20.9 Å². The van der Waals surface area contributed by atoms with E-state index in [1.165, 1.54) is 0 Å². The van der Waals surface area contributed by atoms with Gasteiger partial charge < -0.3 is 16.0 Å². The number of aromatic amines is 1. The van der Waals surface area contributed by atoms with Gasteiger partial charge in [0.15, 0.2) is 5.69 Å². The minimum absolute atomic E-state index is 0. The second-order valence-corrected chi connectivity index (χ2v) is 5.60. The van der Waals surface area contributed by atoms with E-state index in [-0.39, 0.29) is 30.8 Å². The monoisotopic (exact) mass is 315 g/mol. The molecule has 1 aliphatic heterocycles. The maximum atomic E-state index is 12.2. The number of carbonyl (C=O) groups excluding carboxylic acids is 2. The van der Waals surface area contributed by atoms with Crippen molar-refractivity contribution < 1.29 is 9.59 Å². The topological polar surface area (TPSA) is 98.9 Å². The summed E-state index contributed by atoms with van der Waals surface area (Å²) in [5, 5.41) is 15.6. The summed E-state index contributed by atoms with van der Waals surface area (Å²) >= 11 is 0. The molecule has 0 spiro atoms. The van der Waals surface area contributed by atoms with Crippen molar-refractivity contribution in [3.05, 3.63) is 17.0 Å². The molecule has 2 heterocycles. The molecule has 0 aromatic carbocycles. The Balaban J connectivity index is 0.00000220. The molecule has 0 radical (unpaired) electrons. The minimum Gasteiger partial charge on any atom is -0.359 e. The van der Waals surface area contributed by atoms with Crippen LogP contribution in [0, 0.1) is 5.41 Å². The molecule has 1 aliphatic rings. The third kappa shape index (κ3) is 3.74. The maximum Gasteiger partial charge on any atom is 0.272 e. The predicted octanol–water partition coefficient (Wildman–Crippen LogP) is -0.0208. The van der Waals surface area contributed by atoms with Crippen LogP contribution in [-0.4, -0.2) is 42.1 Å². The summed E-state index contributed by atoms with van der Waals surface area (Å²) in [6.45, 7) is 5.37. The van der Waals surface area contributed by atoms with E-state index >= 15 is 0 Å². The number of H-pyrrole nitrogens is 1. The summed E-state index contributed by atoms with van der Waals surface area (Å²) in [6.07, 6.45) is 0.847. The lowest BCUT2D eigenvalue weighted by Crippen LogP contribution is -2.44. The van der Waals surface area contributed by atoms with Crippen LogP contribution in [-0.2, 0) is 17.8 Å². The fourth-order valence-corrected chi connectivity index (χ4v) is 2.22. The van der Waals surface area contributed by atoms with E-state index in [1.807, 2.05) is 0 Å². The van der Waals surface area contributed by atoms with Crippen molar-refractivity contribution in [3.63, 3.8) is 0 Å². The summed E-state index contributed by atoms with van der Waals surface area (Å²) in [6, 6.07) is 0. The largest absolute Gasteiger partial charge is 0.359 e. The quantitative estimate of drug-likeness (QED) is 0.627. The van der Waals surface area contributed by atoms with Crippen LogP contribution in [0.4, 0.5) is 0 Å². The lowest BCUT2D eigenvalue weighted by Gasteiger charge is -2.22. The summed E-state index contributed by atoms with van der Waals surface area (Å²) in [7, 11) is 1.58. The Morgan fingerprint density at radius 2 is 2.10 bits per heavy atom. The molecule has 1 aromatic rings. The minimum atomic E-state index is -0.654. The molecule has 21 heavy (non-hydrogen) atoms. The smallest absolute Gasteiger partial charge is 0.272 e. The number of aromatic nitrogens is 2. The third-order valence-electron chi connectivity index (χ3n) is 3.55. The Hall–Kier alpha value is -1.60. The zero-order valence-electron chi connectivity index (χ0n) is 12.5. The molecule has 7 nitrogen and oxygen atoms in total. The highest BCUT2D eigenvalue weighted by Crippen LogP contribution is 2.17. The van der Waals surface area contributed by atoms with Crippen molar-refractivity contribution in [1.29, 1.82) is 0 Å². The first-order chi connectivity index (χ1) is 9.45. The molecule has 4 N–H and O–H groups in total. The van der Waals surface area contributed by atoms with Crippen molar-refractivity contribution >= 4 is 24.2 Å². The molecule has 118 valence electrons. The molecule has 0 atom stereocenters. The number of halogens is 1. The SMILES string of the molecule is CNC(=O)C(C)(C)CNC(=O)c1n[nH]c2c1CNCC2.Cl. The Morgan fingerprint density at radius 3 is 2.76 bits per heavy atom. The molecule has 8 heteroatoms. The van der Waals surface area contributed by atoms with Crippen LogP contribution in [0.5, 0.6) is 0 Å². The van der Waals surface area contributed by atoms with Crippen molar-refractivity contribution in [2.45, 2.75) is 26.8 Å². The van der Waals surface area contributed by atoms with Crippen molar-refractivity contribution in [2.24, 2.45) is 5.41 Å². The number of fused-ring (bicyclic) bond motifs is 1. The second-order valence-electron chi connectivity index (χ2n) is 5.60. The molecule has 0 saturated carbocycles. The van der Waals surface area contributed by atoms with E-state index in [4.69, 9.17) is 0 Å². The Labute approximate surface area is 130 Å². The number of nitrogens with one attached hydrogen (secondary N) is 4. The van der Waals surface area contributed by atoms with Crippen LogP contribution in [0.2, 0.25) is 0 Å². The summed E-state index contributed by atoms with van der Waals surface area (Å²) in [4.78, 5) is 23.9. The highest BCUT2D eigenvalue weighted by atomic mass is 35.5. The van der Waals surface area contributed by atoms with Gasteiger partial charge in [-0.2, -0.15) is 5.10 Å². The van der Waals surface area contributed by atoms with Crippen molar-refractivity contribution in [3.8, 4) is 0 Å². The Kier molecular flexibility index (Phi) is 5.74. The fraction of sp³-hybridized carbons (Fsp3) is 0.615. The van der Waals surface area contributed by atoms with Gasteiger partial charge in [-0.15, -0.1) is 12.4 Å². The van der Waals surface area contributed by atoms with Gasteiger partial charge in [-0.05, 0) is 13.8 Å². The molecule has 0 fully saturated rings. The molecule has 0 saturated heterocycles. The van der Waals surface area contributed by atoms with Crippen LogP contribution in [0.1, 0.15) is 35.6 Å². The zero-order chi connectivity index (χ0) is 14.8. The third-order valence-corrected chi connectivity index (χ3v) is 3.55. The summed E-state index contributed by atoms with van der Waals surface area (Å²) in [5.41, 5.74) is 1.70. The first-order valence-electron chi connectivity index (χ1n) is 6.73. The van der Waals surface area contributed by atoms with Gasteiger partial charge in [0.1, 0.15) is 0 Å². The predicted molar refractivity (Wildman–Crippen MR) is 81.4 cm³/mol. The number of carbonyl (C=O) groups is 2. The van der Waals surface area contributed by atoms with Gasteiger partial charge in [-0.25, -0.2) is 0 Å². The molecule has 0 aliphatic carbocycles. The standard InChI is InChI=1S/C13H21N5O2.ClH/c1-13(2,12(20)14-3)7-16-11(19)10-8-6-15-5-4-9(8)17-18-10;/h15H,4-7H2,1-3H3,(H,14,20)(H,16,19)(H,17,18);1H. The second kappa shape index (κ2) is 6.91. The van der Waals surface area contributed by atoms with E-state index in [2.05, 4.69) is 26.1 Å². The highest BCUT2D eigenvalue weighted by molar-refractivity contribution is 5.94. The van der Waals surface area contributed by atoms with Crippen LogP contribution >= 0.6 is 12.4 Å². The fourth-order valence-electron chi connectivity index (χ4n) is 2.22. The molecular weight excluding hydrogens is 294 g/mol. The average molecular weight is 316 g/mol. The lowest BCUT2D eigenvalue weighted by molar-refractivity contribution is -0.128. The number of rotatable bonds is 4. The van der Waals surface area contributed by atoms with Gasteiger partial charge in [-0.1, -0.05) is 0 Å². The molecule has 0 unspecified atom stereocenters. The Morgan fingerprint density at radius 1 is 1.38 bits per heavy atom. The van der Waals surface area contributed by atoms with Gasteiger partial charge >= 0.3 is 0 Å². The van der Waals surface area contributed by atoms with E-state index in [0.29, 0.717) is 12.2 Å². The van der Waals surface area contributed by atoms with E-state index in [9.17, 15) is 9.59 Å². The summed E-state index contributed by atoms with van der Waals surface area (Å²) < 4.78 is 0. The van der Waals surface area contributed by atoms with Crippen LogP contribution < -0.4 is 16.0 Å². The van der Waals surface area contributed by atoms with Crippen LogP contribution in [0.25, 0.3) is 0 Å². The summed E-state index contributed by atoms with van der Waals surface area (Å²) in [5.74, 6) is -0.355. The highest BCUT2D eigenvalue weighted by Gasteiger charge is 2.28. The molecular formula is C13H22ClN5O2. The van der Waals surface area contributed by atoms with Crippen LogP contribution in [0.15, 0.2) is 0 Å². The van der Waals surface area contributed by atoms with E-state index < -0.39 is 5.41 Å². The van der Waals surface area contributed by atoms with Gasteiger partial charge in [-0.3, -0.25) is 14.7 Å². The van der Waals surface area contributed by atoms with Gasteiger partial charge in [0.2, 0.25) is 5.91 Å². The van der Waals surface area contributed by atoms with E-state index in [0.717, 1.165) is 24.2 Å². The molecule has 2 rings (SSSR count). The molecule has 1 aromatic heterocycles. The number of nitrogens with zero attached hydrogens (tertiary/aromatic N) is 1. The average Bonchev–Trinajstić information content (AvgIpc) is 2.88. The lowest BCUT2D eigenvalue weighted by atomic mass is 9.92. The number of hydrogen-bond acceptors (Lipinski definition) is 4. The van der Waals surface area contributed by atoms with Gasteiger partial charge in [0.25, 0.3) is 5.91 Å². The van der Waals surface area contributed by atoms with Crippen molar-refractivity contribution in [1.82, 2.24) is 26.1 Å². The van der Waals surface area contributed by atoms with Gasteiger partial charge in [0.05, 0.1) is 5.41 Å². The maximum absolute atomic E-state index is 12.2. The van der Waals surface area contributed by atoms with Crippen molar-refractivity contribution in [2.75, 3.05) is 20.1 Å². The first-order valence-corrected chi connectivity index (χ1v) is 6.73. The molecule has 2 amide bonds. The number of hydrogen-bond donors (Lipinski definition) is 4. The zero-order valence-corrected chi connectivity index (χ0v) is 13.3. The van der Waals surface area contributed by atoms with Gasteiger partial charge in [0, 0.05) is 44.4 Å². The number of amides is 2.